The maximum atomic E-state index is 12.5. The van der Waals surface area contributed by atoms with Gasteiger partial charge in [-0.3, -0.25) is 4.79 Å². The molecule has 23 heavy (non-hydrogen) atoms. The Kier molecular flexibility index (Phi) is 4.56. The largest absolute Gasteiger partial charge is 0.346 e. The summed E-state index contributed by atoms with van der Waals surface area (Å²) in [6, 6.07) is 13.2. The first-order valence-corrected chi connectivity index (χ1v) is 8.52. The van der Waals surface area contributed by atoms with Gasteiger partial charge in [0.2, 0.25) is 5.91 Å². The number of carbonyl (C=O) groups excluding carboxylic acids is 1. The molecule has 0 aliphatic carbocycles. The van der Waals surface area contributed by atoms with Crippen LogP contribution in [0.15, 0.2) is 36.4 Å². The van der Waals surface area contributed by atoms with E-state index in [9.17, 15) is 4.79 Å². The third kappa shape index (κ3) is 3.49. The molecular formula is C20H26N2O. The number of carbonyl (C=O) groups is 1. The van der Waals surface area contributed by atoms with Crippen molar-refractivity contribution in [2.24, 2.45) is 0 Å². The lowest BCUT2D eigenvalue weighted by Crippen LogP contribution is -2.40. The first-order valence-electron chi connectivity index (χ1n) is 8.52. The van der Waals surface area contributed by atoms with Crippen LogP contribution in [0.25, 0.3) is 0 Å². The fourth-order valence-electron chi connectivity index (χ4n) is 3.74. The Labute approximate surface area is 138 Å². The van der Waals surface area contributed by atoms with Gasteiger partial charge in [-0.2, -0.15) is 0 Å². The molecule has 1 aromatic heterocycles. The number of rotatable bonds is 3. The van der Waals surface area contributed by atoms with Gasteiger partial charge in [0.05, 0.1) is 6.42 Å². The van der Waals surface area contributed by atoms with Crippen molar-refractivity contribution in [1.82, 2.24) is 9.47 Å². The minimum Gasteiger partial charge on any atom is -0.346 e. The minimum absolute atomic E-state index is 0.259. The Morgan fingerprint density at radius 1 is 1.04 bits per heavy atom. The Morgan fingerprint density at radius 3 is 2.30 bits per heavy atom. The summed E-state index contributed by atoms with van der Waals surface area (Å²) < 4.78 is 2.43. The number of hydrogen-bond donors (Lipinski definition) is 0. The van der Waals surface area contributed by atoms with Crippen LogP contribution in [0.1, 0.15) is 41.4 Å². The zero-order valence-electron chi connectivity index (χ0n) is 14.4. The summed E-state index contributed by atoms with van der Waals surface area (Å²) in [5.74, 6) is 0.259. The van der Waals surface area contributed by atoms with E-state index in [4.69, 9.17) is 0 Å². The number of aromatic nitrogens is 1. The number of aryl methyl sites for hydroxylation is 3. The number of piperidine rings is 1. The Hall–Kier alpha value is -2.03. The van der Waals surface area contributed by atoms with E-state index in [0.717, 1.165) is 31.5 Å². The quantitative estimate of drug-likeness (QED) is 0.846. The molecule has 0 atom stereocenters. The van der Waals surface area contributed by atoms with E-state index < -0.39 is 0 Å². The van der Waals surface area contributed by atoms with Crippen LogP contribution in [0.3, 0.4) is 0 Å². The van der Waals surface area contributed by atoms with Gasteiger partial charge in [-0.05, 0) is 51.3 Å². The smallest absolute Gasteiger partial charge is 0.226 e. The molecular weight excluding hydrogens is 284 g/mol. The van der Waals surface area contributed by atoms with Crippen LogP contribution in [-0.4, -0.2) is 28.5 Å². The van der Waals surface area contributed by atoms with E-state index in [0.29, 0.717) is 12.5 Å². The summed E-state index contributed by atoms with van der Waals surface area (Å²) in [5, 5.41) is 0. The third-order valence-electron chi connectivity index (χ3n) is 4.95. The first kappa shape index (κ1) is 15.9. The molecule has 0 saturated carbocycles. The van der Waals surface area contributed by atoms with Crippen molar-refractivity contribution in [3.63, 3.8) is 0 Å². The average Bonchev–Trinajstić information content (AvgIpc) is 2.86. The van der Waals surface area contributed by atoms with Gasteiger partial charge in [-0.25, -0.2) is 0 Å². The molecule has 0 N–H and O–H groups in total. The third-order valence-corrected chi connectivity index (χ3v) is 4.95. The molecule has 2 aromatic rings. The number of nitrogens with zero attached hydrogens (tertiary/aromatic N) is 2. The highest BCUT2D eigenvalue weighted by Gasteiger charge is 2.24. The summed E-state index contributed by atoms with van der Waals surface area (Å²) in [6.45, 7) is 8.14. The monoisotopic (exact) mass is 310 g/mol. The Morgan fingerprint density at radius 2 is 1.70 bits per heavy atom. The zero-order chi connectivity index (χ0) is 16.4. The maximum absolute atomic E-state index is 12.5. The minimum atomic E-state index is 0.259. The topological polar surface area (TPSA) is 25.2 Å². The first-order chi connectivity index (χ1) is 11.0. The molecule has 1 amide bonds. The fraction of sp³-hybridized carbons (Fsp3) is 0.450. The van der Waals surface area contributed by atoms with Gasteiger partial charge in [-0.15, -0.1) is 0 Å². The molecule has 122 valence electrons. The van der Waals surface area contributed by atoms with Crippen LogP contribution in [0.2, 0.25) is 0 Å². The van der Waals surface area contributed by atoms with Gasteiger partial charge in [0.15, 0.2) is 0 Å². The number of amides is 1. The lowest BCUT2D eigenvalue weighted by atomic mass is 10.0. The molecule has 1 aliphatic heterocycles. The molecule has 1 saturated heterocycles. The summed E-state index contributed by atoms with van der Waals surface area (Å²) in [5.41, 5.74) is 4.99. The van der Waals surface area contributed by atoms with Crippen LogP contribution in [0.5, 0.6) is 0 Å². The molecule has 1 aliphatic rings. The maximum Gasteiger partial charge on any atom is 0.226 e. The molecule has 1 aromatic carbocycles. The Bertz CT molecular complexity index is 674. The molecule has 3 heteroatoms. The van der Waals surface area contributed by atoms with Crippen LogP contribution >= 0.6 is 0 Å². The number of likely N-dealkylation sites (tertiary alicyclic amines) is 1. The highest BCUT2D eigenvalue weighted by Crippen LogP contribution is 2.26. The summed E-state index contributed by atoms with van der Waals surface area (Å²) in [7, 11) is 0. The molecule has 0 bridgehead atoms. The predicted molar refractivity (Wildman–Crippen MR) is 93.6 cm³/mol. The van der Waals surface area contributed by atoms with Gasteiger partial charge in [-0.1, -0.05) is 29.8 Å². The van der Waals surface area contributed by atoms with Crippen LogP contribution < -0.4 is 0 Å². The Balaban J connectivity index is 1.59. The highest BCUT2D eigenvalue weighted by molar-refractivity contribution is 5.78. The van der Waals surface area contributed by atoms with Crippen molar-refractivity contribution in [2.45, 2.75) is 46.1 Å². The van der Waals surface area contributed by atoms with Crippen molar-refractivity contribution in [3.05, 3.63) is 58.9 Å². The standard InChI is InChI=1S/C20H26N2O/c1-15-5-4-6-18(13-15)14-20(23)21-11-9-19(10-12-21)22-16(2)7-8-17(22)3/h4-8,13,19H,9-12,14H2,1-3H3. The van der Waals surface area contributed by atoms with E-state index >= 15 is 0 Å². The van der Waals surface area contributed by atoms with Gasteiger partial charge in [0.25, 0.3) is 0 Å². The van der Waals surface area contributed by atoms with Gasteiger partial charge >= 0.3 is 0 Å². The second-order valence-corrected chi connectivity index (χ2v) is 6.76. The van der Waals surface area contributed by atoms with E-state index in [1.807, 2.05) is 17.0 Å². The normalized spacial score (nSPS) is 15.9. The van der Waals surface area contributed by atoms with Crippen molar-refractivity contribution >= 4 is 5.91 Å². The van der Waals surface area contributed by atoms with Gasteiger partial charge < -0.3 is 9.47 Å². The van der Waals surface area contributed by atoms with E-state index in [1.54, 1.807) is 0 Å². The van der Waals surface area contributed by atoms with E-state index in [1.165, 1.54) is 17.0 Å². The summed E-state index contributed by atoms with van der Waals surface area (Å²) in [4.78, 5) is 14.6. The lowest BCUT2D eigenvalue weighted by molar-refractivity contribution is -0.131. The molecule has 1 fully saturated rings. The lowest BCUT2D eigenvalue weighted by Gasteiger charge is -2.34. The van der Waals surface area contributed by atoms with Crippen molar-refractivity contribution in [3.8, 4) is 0 Å². The molecule has 0 unspecified atom stereocenters. The van der Waals surface area contributed by atoms with Crippen molar-refractivity contribution < 1.29 is 4.79 Å². The molecule has 3 nitrogen and oxygen atoms in total. The van der Waals surface area contributed by atoms with Crippen LogP contribution in [0.4, 0.5) is 0 Å². The van der Waals surface area contributed by atoms with Crippen molar-refractivity contribution in [2.75, 3.05) is 13.1 Å². The molecule has 2 heterocycles. The van der Waals surface area contributed by atoms with E-state index in [-0.39, 0.29) is 5.91 Å². The van der Waals surface area contributed by atoms with Crippen molar-refractivity contribution in [1.29, 1.82) is 0 Å². The average molecular weight is 310 g/mol. The SMILES string of the molecule is Cc1cccc(CC(=O)N2CCC(n3c(C)ccc3C)CC2)c1. The van der Waals surface area contributed by atoms with E-state index in [2.05, 4.69) is 49.6 Å². The van der Waals surface area contributed by atoms with Gasteiger partial charge in [0.1, 0.15) is 0 Å². The second-order valence-electron chi connectivity index (χ2n) is 6.76. The molecule has 0 radical (unpaired) electrons. The second kappa shape index (κ2) is 6.61. The van der Waals surface area contributed by atoms with Crippen LogP contribution in [0, 0.1) is 20.8 Å². The summed E-state index contributed by atoms with van der Waals surface area (Å²) in [6.07, 6.45) is 2.62. The zero-order valence-corrected chi connectivity index (χ0v) is 14.4. The predicted octanol–water partition coefficient (Wildman–Crippen LogP) is 3.82. The fourth-order valence-corrected chi connectivity index (χ4v) is 3.74. The number of hydrogen-bond acceptors (Lipinski definition) is 1. The summed E-state index contributed by atoms with van der Waals surface area (Å²) >= 11 is 0. The number of benzene rings is 1. The van der Waals surface area contributed by atoms with Gasteiger partial charge in [0, 0.05) is 30.5 Å². The van der Waals surface area contributed by atoms with Crippen LogP contribution in [-0.2, 0) is 11.2 Å². The highest BCUT2D eigenvalue weighted by atomic mass is 16.2. The molecule has 0 spiro atoms. The molecule has 3 rings (SSSR count).